The van der Waals surface area contributed by atoms with Gasteiger partial charge in [0, 0.05) is 0 Å². The minimum absolute atomic E-state index is 0.701. The highest BCUT2D eigenvalue weighted by molar-refractivity contribution is 7.80. The Bertz CT molecular complexity index is 2310. The summed E-state index contributed by atoms with van der Waals surface area (Å²) in [5.74, 6) is 4.69. The zero-order valence-electron chi connectivity index (χ0n) is 33.1. The van der Waals surface area contributed by atoms with Crippen LogP contribution in [0.25, 0.3) is 65.7 Å². The van der Waals surface area contributed by atoms with Gasteiger partial charge in [-0.2, -0.15) is 12.6 Å². The van der Waals surface area contributed by atoms with E-state index in [0.717, 1.165) is 23.5 Å². The maximum Gasteiger partial charge on any atom is -0.00264 e. The molecule has 0 aliphatic heterocycles. The molecule has 2 aliphatic carbocycles. The molecule has 0 saturated heterocycles. The fraction of sp³-hybridized carbons (Fsp3) is 0.345. The number of thiol groups is 1. The summed E-state index contributed by atoms with van der Waals surface area (Å²) >= 11 is 4.37. The molecule has 284 valence electrons. The highest BCUT2D eigenvalue weighted by atomic mass is 32.1. The lowest BCUT2D eigenvalue weighted by atomic mass is 9.68. The molecule has 0 radical (unpaired) electrons. The predicted molar refractivity (Wildman–Crippen MR) is 247 cm³/mol. The van der Waals surface area contributed by atoms with Gasteiger partial charge in [0.05, 0.1) is 0 Å². The largest absolute Gasteiger partial charge is 0.179 e. The van der Waals surface area contributed by atoms with Crippen LogP contribution in [0.5, 0.6) is 0 Å². The first-order valence-electron chi connectivity index (χ1n) is 22.0. The molecule has 56 heavy (non-hydrogen) atoms. The van der Waals surface area contributed by atoms with E-state index < -0.39 is 0 Å². The van der Waals surface area contributed by atoms with Crippen molar-refractivity contribution in [1.29, 1.82) is 0 Å². The van der Waals surface area contributed by atoms with Crippen molar-refractivity contribution in [3.63, 3.8) is 0 Å². The minimum Gasteiger partial charge on any atom is -0.179 e. The molecule has 9 rings (SSSR count). The van der Waals surface area contributed by atoms with Crippen molar-refractivity contribution < 1.29 is 0 Å². The number of unbranched alkanes of at least 4 members (excludes halogenated alkanes) is 4. The molecule has 7 aromatic rings. The summed E-state index contributed by atoms with van der Waals surface area (Å²) in [5.41, 5.74) is 9.34. The number of benzene rings is 7. The first-order chi connectivity index (χ1) is 27.7. The van der Waals surface area contributed by atoms with Gasteiger partial charge in [0.2, 0.25) is 0 Å². The molecule has 0 amide bonds. The van der Waals surface area contributed by atoms with Crippen LogP contribution in [0, 0.1) is 17.8 Å². The lowest BCUT2D eigenvalue weighted by molar-refractivity contribution is 0.155. The second kappa shape index (κ2) is 17.4. The van der Waals surface area contributed by atoms with Crippen molar-refractivity contribution >= 4 is 44.9 Å². The number of fused-ring (bicyclic) bond motifs is 3. The van der Waals surface area contributed by atoms with Gasteiger partial charge in [0.25, 0.3) is 0 Å². The lowest BCUT2D eigenvalue weighted by Gasteiger charge is -2.38. The van der Waals surface area contributed by atoms with E-state index in [9.17, 15) is 0 Å². The number of rotatable bonds is 12. The minimum atomic E-state index is 0.701. The first-order valence-corrected chi connectivity index (χ1v) is 22.6. The van der Waals surface area contributed by atoms with Crippen LogP contribution in [0.2, 0.25) is 0 Å². The van der Waals surface area contributed by atoms with E-state index in [0.29, 0.717) is 5.92 Å². The standard InChI is InChI=1S/C55H58S/c56-38-11-3-1-2-4-13-39-22-24-40(25-23-39)41-26-28-42(29-27-41)43-30-34-46(35-31-43)54-50-17-7-9-19-52(50)55(53-20-10-8-18-51(53)54)47-36-32-45(33-37-47)49-21-12-15-44-14-5-6-16-48(44)49/h5-10,12,14-21,30-37,39-42,56H,1-4,11,13,22-29,38H2. The van der Waals surface area contributed by atoms with Crippen molar-refractivity contribution in [3.05, 3.63) is 145 Å². The van der Waals surface area contributed by atoms with Crippen molar-refractivity contribution in [1.82, 2.24) is 0 Å². The Labute approximate surface area is 341 Å². The van der Waals surface area contributed by atoms with Crippen LogP contribution in [-0.4, -0.2) is 5.75 Å². The van der Waals surface area contributed by atoms with Crippen LogP contribution in [0.4, 0.5) is 0 Å². The zero-order chi connectivity index (χ0) is 37.7. The third-order valence-corrected chi connectivity index (χ3v) is 14.3. The molecule has 0 atom stereocenters. The van der Waals surface area contributed by atoms with E-state index in [1.54, 1.807) is 5.56 Å². The van der Waals surface area contributed by atoms with Crippen LogP contribution >= 0.6 is 12.6 Å². The maximum atomic E-state index is 4.37. The zero-order valence-corrected chi connectivity index (χ0v) is 34.0. The van der Waals surface area contributed by atoms with E-state index in [4.69, 9.17) is 0 Å². The van der Waals surface area contributed by atoms with Gasteiger partial charge in [-0.1, -0.05) is 184 Å². The van der Waals surface area contributed by atoms with Gasteiger partial charge < -0.3 is 0 Å². The molecule has 0 spiro atoms. The smallest absolute Gasteiger partial charge is 0.00264 e. The Hall–Kier alpha value is -4.33. The van der Waals surface area contributed by atoms with Gasteiger partial charge in [-0.05, 0) is 146 Å². The molecule has 2 saturated carbocycles. The van der Waals surface area contributed by atoms with Crippen LogP contribution in [0.1, 0.15) is 101 Å². The molecule has 0 N–H and O–H groups in total. The Balaban J connectivity index is 0.910. The first kappa shape index (κ1) is 37.3. The lowest BCUT2D eigenvalue weighted by Crippen LogP contribution is -2.25. The van der Waals surface area contributed by atoms with Crippen LogP contribution in [0.3, 0.4) is 0 Å². The van der Waals surface area contributed by atoms with Gasteiger partial charge in [-0.15, -0.1) is 0 Å². The molecular formula is C55H58S. The highest BCUT2D eigenvalue weighted by Crippen LogP contribution is 2.47. The maximum absolute atomic E-state index is 4.37. The molecule has 0 nitrogen and oxygen atoms in total. The summed E-state index contributed by atoms with van der Waals surface area (Å²) in [6.45, 7) is 0. The Morgan fingerprint density at radius 3 is 1.45 bits per heavy atom. The van der Waals surface area contributed by atoms with Gasteiger partial charge in [0.15, 0.2) is 0 Å². The summed E-state index contributed by atoms with van der Waals surface area (Å²) in [7, 11) is 0. The molecule has 7 aromatic carbocycles. The molecule has 0 aromatic heterocycles. The third kappa shape index (κ3) is 7.82. The molecule has 0 bridgehead atoms. The molecule has 2 fully saturated rings. The van der Waals surface area contributed by atoms with E-state index in [2.05, 4.69) is 152 Å². The van der Waals surface area contributed by atoms with E-state index >= 15 is 0 Å². The molecule has 0 heterocycles. The van der Waals surface area contributed by atoms with Crippen molar-refractivity contribution in [3.8, 4) is 33.4 Å². The predicted octanol–water partition coefficient (Wildman–Crippen LogP) is 16.5. The SMILES string of the molecule is SCCCCCCCC1CCC(C2CCC(c3ccc(-c4c5ccccc5c(-c5ccc(-c6cccc7ccccc67)cc5)c5ccccc45)cc3)CC2)CC1. The normalized spacial score (nSPS) is 20.2. The Kier molecular flexibility index (Phi) is 11.6. The van der Waals surface area contributed by atoms with Crippen LogP contribution < -0.4 is 0 Å². The van der Waals surface area contributed by atoms with Crippen molar-refractivity contribution in [2.45, 2.75) is 95.8 Å². The molecule has 0 unspecified atom stereocenters. The fourth-order valence-corrected chi connectivity index (χ4v) is 11.1. The average molecular weight is 751 g/mol. The number of hydrogen-bond acceptors (Lipinski definition) is 1. The third-order valence-electron chi connectivity index (χ3n) is 14.0. The van der Waals surface area contributed by atoms with Gasteiger partial charge in [0.1, 0.15) is 0 Å². The van der Waals surface area contributed by atoms with Crippen LogP contribution in [0.15, 0.2) is 140 Å². The quantitative estimate of drug-likeness (QED) is 0.0718. The van der Waals surface area contributed by atoms with Crippen molar-refractivity contribution in [2.24, 2.45) is 17.8 Å². The average Bonchev–Trinajstić information content (AvgIpc) is 3.27. The van der Waals surface area contributed by atoms with Gasteiger partial charge in [-0.3, -0.25) is 0 Å². The monoisotopic (exact) mass is 750 g/mol. The molecule has 2 aliphatic rings. The summed E-state index contributed by atoms with van der Waals surface area (Å²) in [4.78, 5) is 0. The fourth-order valence-electron chi connectivity index (χ4n) is 10.9. The van der Waals surface area contributed by atoms with E-state index in [1.165, 1.54) is 156 Å². The summed E-state index contributed by atoms with van der Waals surface area (Å²) < 4.78 is 0. The Morgan fingerprint density at radius 1 is 0.393 bits per heavy atom. The second-order valence-corrected chi connectivity index (χ2v) is 17.7. The molecule has 1 heteroatoms. The Morgan fingerprint density at radius 2 is 0.857 bits per heavy atom. The number of hydrogen-bond donors (Lipinski definition) is 1. The second-order valence-electron chi connectivity index (χ2n) is 17.2. The van der Waals surface area contributed by atoms with E-state index in [1.807, 2.05) is 0 Å². The van der Waals surface area contributed by atoms with Gasteiger partial charge in [-0.25, -0.2) is 0 Å². The summed E-state index contributed by atoms with van der Waals surface area (Å²) in [6, 6.07) is 52.5. The summed E-state index contributed by atoms with van der Waals surface area (Å²) in [6.07, 6.45) is 20.0. The van der Waals surface area contributed by atoms with E-state index in [-0.39, 0.29) is 0 Å². The molecular weight excluding hydrogens is 693 g/mol. The topological polar surface area (TPSA) is 0 Å². The van der Waals surface area contributed by atoms with Gasteiger partial charge >= 0.3 is 0 Å². The van der Waals surface area contributed by atoms with Crippen molar-refractivity contribution in [2.75, 3.05) is 5.75 Å². The summed E-state index contributed by atoms with van der Waals surface area (Å²) in [5, 5.41) is 7.86. The van der Waals surface area contributed by atoms with Crippen LogP contribution in [-0.2, 0) is 0 Å². The highest BCUT2D eigenvalue weighted by Gasteiger charge is 2.31.